The van der Waals surface area contributed by atoms with Crippen LogP contribution in [0.3, 0.4) is 0 Å². The van der Waals surface area contributed by atoms with E-state index < -0.39 is 5.91 Å². The summed E-state index contributed by atoms with van der Waals surface area (Å²) in [5.74, 6) is 0.648. The molecule has 0 saturated heterocycles. The number of nitrogens with zero attached hydrogens (tertiary/aromatic N) is 1. The minimum Gasteiger partial charge on any atom is -0.497 e. The Morgan fingerprint density at radius 2 is 1.63 bits per heavy atom. The van der Waals surface area contributed by atoms with Gasteiger partial charge in [0.2, 0.25) is 5.91 Å². The quantitative estimate of drug-likeness (QED) is 0.253. The molecule has 0 spiro atoms. The zero-order valence-corrected chi connectivity index (χ0v) is 23.5. The fraction of sp³-hybridized carbons (Fsp3) is 0.333. The zero-order chi connectivity index (χ0) is 27.8. The van der Waals surface area contributed by atoms with Gasteiger partial charge in [-0.25, -0.2) is 4.79 Å². The number of ether oxygens (including phenoxy) is 1. The molecular weight excluding hydrogens is 500 g/mol. The van der Waals surface area contributed by atoms with Gasteiger partial charge in [0, 0.05) is 16.4 Å². The van der Waals surface area contributed by atoms with Crippen LogP contribution in [0.1, 0.15) is 55.9 Å². The minimum atomic E-state index is -0.483. The second-order valence-corrected chi connectivity index (χ2v) is 9.78. The number of benzene rings is 3. The van der Waals surface area contributed by atoms with Crippen molar-refractivity contribution < 1.29 is 14.3 Å². The van der Waals surface area contributed by atoms with Gasteiger partial charge >= 0.3 is 6.03 Å². The third kappa shape index (κ3) is 6.98. The summed E-state index contributed by atoms with van der Waals surface area (Å²) < 4.78 is 5.29. The Morgan fingerprint density at radius 1 is 1.00 bits per heavy atom. The first kappa shape index (κ1) is 28.9. The van der Waals surface area contributed by atoms with Crippen LogP contribution < -0.4 is 26.0 Å². The maximum absolute atomic E-state index is 13.9. The average molecular weight is 537 g/mol. The Hall–Kier alpha value is -3.71. The van der Waals surface area contributed by atoms with Gasteiger partial charge in [0.15, 0.2) is 0 Å². The molecule has 8 heteroatoms. The molecule has 4 N–H and O–H groups in total. The number of urea groups is 1. The predicted octanol–water partition coefficient (Wildman–Crippen LogP) is 6.73. The number of halogens is 1. The van der Waals surface area contributed by atoms with E-state index in [1.807, 2.05) is 50.2 Å². The molecule has 0 saturated carbocycles. The molecule has 3 aromatic carbocycles. The van der Waals surface area contributed by atoms with Crippen LogP contribution in [0.25, 0.3) is 0 Å². The van der Waals surface area contributed by atoms with Crippen molar-refractivity contribution in [3.8, 4) is 5.75 Å². The molecule has 3 amide bonds. The van der Waals surface area contributed by atoms with E-state index in [-0.39, 0.29) is 12.6 Å². The number of carbonyl (C=O) groups excluding carboxylic acids is 2. The summed E-state index contributed by atoms with van der Waals surface area (Å²) in [7, 11) is 1.62. The zero-order valence-electron chi connectivity index (χ0n) is 22.7. The number of nitrogens with two attached hydrogens (primary N) is 1. The van der Waals surface area contributed by atoms with E-state index in [0.717, 1.165) is 28.1 Å². The Labute approximate surface area is 230 Å². The van der Waals surface area contributed by atoms with Crippen LogP contribution in [0.2, 0.25) is 5.02 Å². The summed E-state index contributed by atoms with van der Waals surface area (Å²) in [5.41, 5.74) is 11.3. The molecule has 3 rings (SSSR count). The second kappa shape index (κ2) is 13.2. The first-order valence-electron chi connectivity index (χ1n) is 12.9. The molecule has 0 radical (unpaired) electrons. The van der Waals surface area contributed by atoms with Crippen molar-refractivity contribution in [3.63, 3.8) is 0 Å². The number of nitrogens with one attached hydrogen (secondary N) is 2. The van der Waals surface area contributed by atoms with Crippen molar-refractivity contribution in [3.05, 3.63) is 81.9 Å². The highest BCUT2D eigenvalue weighted by molar-refractivity contribution is 6.32. The lowest BCUT2D eigenvalue weighted by molar-refractivity contribution is -0.116. The summed E-state index contributed by atoms with van der Waals surface area (Å²) in [6.07, 6.45) is 1.24. The first-order valence-corrected chi connectivity index (χ1v) is 13.2. The lowest BCUT2D eigenvalue weighted by atomic mass is 10.0. The van der Waals surface area contributed by atoms with Crippen LogP contribution in [0, 0.1) is 0 Å². The largest absolute Gasteiger partial charge is 0.497 e. The van der Waals surface area contributed by atoms with Gasteiger partial charge in [-0.15, -0.1) is 0 Å². The van der Waals surface area contributed by atoms with Gasteiger partial charge in [-0.1, -0.05) is 63.6 Å². The molecule has 0 aliphatic carbocycles. The summed E-state index contributed by atoms with van der Waals surface area (Å²) in [6.45, 7) is 8.58. The van der Waals surface area contributed by atoms with Gasteiger partial charge in [-0.05, 0) is 71.3 Å². The van der Waals surface area contributed by atoms with E-state index in [2.05, 4.69) is 36.6 Å². The Bertz CT molecular complexity index is 1260. The van der Waals surface area contributed by atoms with Crippen molar-refractivity contribution in [2.75, 3.05) is 29.2 Å². The van der Waals surface area contributed by atoms with Crippen molar-refractivity contribution in [2.45, 2.75) is 53.0 Å². The lowest BCUT2D eigenvalue weighted by Crippen LogP contribution is -2.35. The molecule has 0 bridgehead atoms. The number of amides is 3. The van der Waals surface area contributed by atoms with Crippen molar-refractivity contribution >= 4 is 40.6 Å². The number of methoxy groups -OCH3 is 1. The van der Waals surface area contributed by atoms with Gasteiger partial charge in [-0.2, -0.15) is 0 Å². The van der Waals surface area contributed by atoms with Crippen LogP contribution in [-0.2, 0) is 24.2 Å². The van der Waals surface area contributed by atoms with Crippen LogP contribution in [0.15, 0.2) is 54.6 Å². The summed E-state index contributed by atoms with van der Waals surface area (Å²) >= 11 is 6.63. The molecule has 202 valence electrons. The van der Waals surface area contributed by atoms with E-state index >= 15 is 0 Å². The van der Waals surface area contributed by atoms with E-state index in [9.17, 15) is 9.59 Å². The number of anilines is 3. The van der Waals surface area contributed by atoms with E-state index in [1.54, 1.807) is 18.1 Å². The van der Waals surface area contributed by atoms with Gasteiger partial charge < -0.3 is 21.1 Å². The van der Waals surface area contributed by atoms with Crippen molar-refractivity contribution in [1.82, 2.24) is 0 Å². The van der Waals surface area contributed by atoms with Gasteiger partial charge in [0.1, 0.15) is 5.75 Å². The van der Waals surface area contributed by atoms with Crippen molar-refractivity contribution in [2.24, 2.45) is 5.73 Å². The Balaban J connectivity index is 2.03. The molecular formula is C30H37ClN4O3. The van der Waals surface area contributed by atoms with E-state index in [1.165, 1.54) is 5.56 Å². The molecule has 0 atom stereocenters. The smallest absolute Gasteiger partial charge is 0.326 e. The maximum Gasteiger partial charge on any atom is 0.326 e. The molecule has 0 aliphatic heterocycles. The molecule has 3 aromatic rings. The fourth-order valence-corrected chi connectivity index (χ4v) is 4.69. The highest BCUT2D eigenvalue weighted by Gasteiger charge is 2.22. The second-order valence-electron chi connectivity index (χ2n) is 9.38. The first-order chi connectivity index (χ1) is 18.2. The van der Waals surface area contributed by atoms with Crippen LogP contribution in [0.4, 0.5) is 21.9 Å². The number of primary amides is 1. The predicted molar refractivity (Wildman–Crippen MR) is 157 cm³/mol. The Morgan fingerprint density at radius 3 is 2.16 bits per heavy atom. The normalized spacial score (nSPS) is 10.8. The highest BCUT2D eigenvalue weighted by Crippen LogP contribution is 2.36. The maximum atomic E-state index is 13.9. The molecule has 0 heterocycles. The van der Waals surface area contributed by atoms with E-state index in [0.29, 0.717) is 41.7 Å². The molecule has 0 aliphatic rings. The Kier molecular flexibility index (Phi) is 10.0. The van der Waals surface area contributed by atoms with Gasteiger partial charge in [0.25, 0.3) is 0 Å². The van der Waals surface area contributed by atoms with E-state index in [4.69, 9.17) is 22.1 Å². The fourth-order valence-electron chi connectivity index (χ4n) is 4.35. The third-order valence-electron chi connectivity index (χ3n) is 6.50. The van der Waals surface area contributed by atoms with Gasteiger partial charge in [0.05, 0.1) is 25.9 Å². The summed E-state index contributed by atoms with van der Waals surface area (Å²) in [5, 5.41) is 6.72. The topological polar surface area (TPSA) is 96.7 Å². The highest BCUT2D eigenvalue weighted by atomic mass is 35.5. The number of hydrogen-bond acceptors (Lipinski definition) is 4. The average Bonchev–Trinajstić information content (AvgIpc) is 2.91. The standard InChI is InChI=1S/C30H37ClN4O3/c1-6-24-26(31)16-27(33-17-28(32)36)25(7-2)29(24)34-30(37)35(18-20-8-14-23(38-5)15-9-20)22-12-10-21(11-13-22)19(3)4/h8-16,19,33H,6-7,17-18H2,1-5H3,(H2,32,36)(H,34,37). The van der Waals surface area contributed by atoms with Crippen LogP contribution in [-0.4, -0.2) is 25.6 Å². The molecule has 38 heavy (non-hydrogen) atoms. The minimum absolute atomic E-state index is 0.0337. The SMILES string of the molecule is CCc1c(Cl)cc(NCC(N)=O)c(CC)c1NC(=O)N(Cc1ccc(OC)cc1)c1ccc(C(C)C)cc1. The summed E-state index contributed by atoms with van der Waals surface area (Å²) in [4.78, 5) is 27.1. The molecule has 0 unspecified atom stereocenters. The van der Waals surface area contributed by atoms with Crippen LogP contribution in [0.5, 0.6) is 5.75 Å². The molecule has 0 fully saturated rings. The number of rotatable bonds is 11. The number of hydrogen-bond donors (Lipinski definition) is 3. The van der Waals surface area contributed by atoms with Crippen molar-refractivity contribution in [1.29, 1.82) is 0 Å². The van der Waals surface area contributed by atoms with Gasteiger partial charge in [-0.3, -0.25) is 9.69 Å². The summed E-state index contributed by atoms with van der Waals surface area (Å²) in [6, 6.07) is 17.2. The number of carbonyl (C=O) groups is 2. The van der Waals surface area contributed by atoms with Crippen LogP contribution >= 0.6 is 11.6 Å². The third-order valence-corrected chi connectivity index (χ3v) is 6.83. The monoisotopic (exact) mass is 536 g/mol. The lowest BCUT2D eigenvalue weighted by Gasteiger charge is -2.27. The molecule has 0 aromatic heterocycles. The molecule has 7 nitrogen and oxygen atoms in total.